The van der Waals surface area contributed by atoms with Gasteiger partial charge < -0.3 is 10.6 Å². The Kier molecular flexibility index (Phi) is 6.72. The van der Waals surface area contributed by atoms with Crippen LogP contribution in [0.2, 0.25) is 0 Å². The summed E-state index contributed by atoms with van der Waals surface area (Å²) in [5, 5.41) is 15.4. The summed E-state index contributed by atoms with van der Waals surface area (Å²) in [6, 6.07) is 25.4. The Bertz CT molecular complexity index is 1080. The molecule has 0 fully saturated rings. The number of rotatable bonds is 6. The SMILES string of the molecule is Cc1ccc(N/C=C(/C#N)C(=O)Nc2ccccc2Sc2ccccc2)c(C)c1. The average Bonchev–Trinajstić information content (AvgIpc) is 2.72. The Morgan fingerprint density at radius 2 is 1.69 bits per heavy atom. The van der Waals surface area contributed by atoms with Crippen LogP contribution in [-0.4, -0.2) is 5.91 Å². The van der Waals surface area contributed by atoms with Gasteiger partial charge in [-0.05, 0) is 49.7 Å². The Balaban J connectivity index is 1.75. The van der Waals surface area contributed by atoms with Crippen LogP contribution >= 0.6 is 11.8 Å². The van der Waals surface area contributed by atoms with Crippen LogP contribution in [0.1, 0.15) is 11.1 Å². The molecule has 5 heteroatoms. The first-order valence-electron chi connectivity index (χ1n) is 9.14. The zero-order valence-corrected chi connectivity index (χ0v) is 17.1. The highest BCUT2D eigenvalue weighted by Crippen LogP contribution is 2.33. The molecule has 0 bridgehead atoms. The van der Waals surface area contributed by atoms with Crippen molar-refractivity contribution in [1.82, 2.24) is 0 Å². The van der Waals surface area contributed by atoms with Crippen molar-refractivity contribution >= 4 is 29.0 Å². The normalized spacial score (nSPS) is 10.9. The van der Waals surface area contributed by atoms with Crippen LogP contribution in [-0.2, 0) is 4.79 Å². The van der Waals surface area contributed by atoms with Crippen molar-refractivity contribution in [2.45, 2.75) is 23.6 Å². The van der Waals surface area contributed by atoms with Crippen LogP contribution in [0.15, 0.2) is 94.4 Å². The Labute approximate surface area is 175 Å². The molecule has 1 amide bonds. The summed E-state index contributed by atoms with van der Waals surface area (Å²) in [5.41, 5.74) is 3.73. The van der Waals surface area contributed by atoms with Crippen LogP contribution in [0.5, 0.6) is 0 Å². The van der Waals surface area contributed by atoms with E-state index in [0.29, 0.717) is 5.69 Å². The van der Waals surface area contributed by atoms with Gasteiger partial charge in [0.25, 0.3) is 5.91 Å². The van der Waals surface area contributed by atoms with E-state index in [4.69, 9.17) is 0 Å². The van der Waals surface area contributed by atoms with Crippen LogP contribution in [0.3, 0.4) is 0 Å². The van der Waals surface area contributed by atoms with E-state index in [-0.39, 0.29) is 5.57 Å². The van der Waals surface area contributed by atoms with Crippen molar-refractivity contribution in [3.8, 4) is 6.07 Å². The lowest BCUT2D eigenvalue weighted by atomic mass is 10.1. The fourth-order valence-corrected chi connectivity index (χ4v) is 3.66. The van der Waals surface area contributed by atoms with Crippen molar-refractivity contribution in [3.05, 3.63) is 95.7 Å². The minimum absolute atomic E-state index is 0.00416. The van der Waals surface area contributed by atoms with Gasteiger partial charge in [0.2, 0.25) is 0 Å². The van der Waals surface area contributed by atoms with E-state index in [2.05, 4.69) is 10.6 Å². The number of nitrogens with zero attached hydrogens (tertiary/aromatic N) is 1. The molecule has 3 rings (SSSR count). The lowest BCUT2D eigenvalue weighted by Crippen LogP contribution is -2.15. The molecule has 0 atom stereocenters. The number of hydrogen-bond donors (Lipinski definition) is 2. The second kappa shape index (κ2) is 9.63. The van der Waals surface area contributed by atoms with Gasteiger partial charge in [0.15, 0.2) is 0 Å². The molecule has 3 aromatic rings. The minimum Gasteiger partial charge on any atom is -0.360 e. The van der Waals surface area contributed by atoms with Crippen molar-refractivity contribution in [3.63, 3.8) is 0 Å². The molecule has 0 aromatic heterocycles. The Morgan fingerprint density at radius 3 is 2.41 bits per heavy atom. The molecule has 0 saturated carbocycles. The predicted molar refractivity (Wildman–Crippen MR) is 119 cm³/mol. The van der Waals surface area contributed by atoms with E-state index >= 15 is 0 Å². The van der Waals surface area contributed by atoms with Gasteiger partial charge in [-0.2, -0.15) is 5.26 Å². The summed E-state index contributed by atoms with van der Waals surface area (Å²) in [6.45, 7) is 4.00. The predicted octanol–water partition coefficient (Wildman–Crippen LogP) is 5.91. The van der Waals surface area contributed by atoms with E-state index in [1.165, 1.54) is 6.20 Å². The summed E-state index contributed by atoms with van der Waals surface area (Å²) < 4.78 is 0. The number of aryl methyl sites for hydroxylation is 2. The van der Waals surface area contributed by atoms with Gasteiger partial charge in [0, 0.05) is 21.7 Å². The monoisotopic (exact) mass is 399 g/mol. The fraction of sp³-hybridized carbons (Fsp3) is 0.0833. The summed E-state index contributed by atoms with van der Waals surface area (Å²) >= 11 is 1.56. The summed E-state index contributed by atoms with van der Waals surface area (Å²) in [6.07, 6.45) is 1.44. The second-order valence-electron chi connectivity index (χ2n) is 6.50. The number of hydrogen-bond acceptors (Lipinski definition) is 4. The molecule has 2 N–H and O–H groups in total. The van der Waals surface area contributed by atoms with Gasteiger partial charge in [0.05, 0.1) is 5.69 Å². The zero-order chi connectivity index (χ0) is 20.6. The van der Waals surface area contributed by atoms with Crippen molar-refractivity contribution in [2.24, 2.45) is 0 Å². The molecule has 144 valence electrons. The highest BCUT2D eigenvalue weighted by molar-refractivity contribution is 7.99. The third-order valence-corrected chi connectivity index (χ3v) is 5.31. The van der Waals surface area contributed by atoms with Gasteiger partial charge in [-0.1, -0.05) is 59.8 Å². The number of anilines is 2. The van der Waals surface area contributed by atoms with E-state index in [1.54, 1.807) is 11.8 Å². The van der Waals surface area contributed by atoms with Crippen LogP contribution < -0.4 is 10.6 Å². The van der Waals surface area contributed by atoms with E-state index in [1.807, 2.05) is 92.7 Å². The Hall–Kier alpha value is -3.49. The highest BCUT2D eigenvalue weighted by Gasteiger charge is 2.12. The third-order valence-electron chi connectivity index (χ3n) is 4.23. The molecule has 29 heavy (non-hydrogen) atoms. The Morgan fingerprint density at radius 1 is 0.966 bits per heavy atom. The third kappa shape index (κ3) is 5.50. The van der Waals surface area contributed by atoms with Crippen molar-refractivity contribution < 1.29 is 4.79 Å². The van der Waals surface area contributed by atoms with Crippen molar-refractivity contribution in [1.29, 1.82) is 5.26 Å². The number of carbonyl (C=O) groups is 1. The lowest BCUT2D eigenvalue weighted by molar-refractivity contribution is -0.112. The molecular weight excluding hydrogens is 378 g/mol. The molecule has 0 aliphatic heterocycles. The standard InChI is InChI=1S/C24H21N3OS/c1-17-12-13-21(18(2)14-17)26-16-19(15-25)24(28)27-22-10-6-7-11-23(22)29-20-8-4-3-5-9-20/h3-14,16,26H,1-2H3,(H,27,28)/b19-16-. The fourth-order valence-electron chi connectivity index (χ4n) is 2.74. The molecule has 4 nitrogen and oxygen atoms in total. The van der Waals surface area contributed by atoms with Gasteiger partial charge in [-0.25, -0.2) is 0 Å². The number of benzene rings is 3. The highest BCUT2D eigenvalue weighted by atomic mass is 32.2. The number of nitrogens with one attached hydrogen (secondary N) is 2. The maximum Gasteiger partial charge on any atom is 0.267 e. The molecule has 0 aliphatic rings. The van der Waals surface area contributed by atoms with Crippen molar-refractivity contribution in [2.75, 3.05) is 10.6 Å². The number of carbonyl (C=O) groups excluding carboxylic acids is 1. The topological polar surface area (TPSA) is 64.9 Å². The molecule has 0 spiro atoms. The summed E-state index contributed by atoms with van der Waals surface area (Å²) in [7, 11) is 0. The summed E-state index contributed by atoms with van der Waals surface area (Å²) in [4.78, 5) is 14.6. The van der Waals surface area contributed by atoms with E-state index in [9.17, 15) is 10.1 Å². The maximum absolute atomic E-state index is 12.7. The quantitative estimate of drug-likeness (QED) is 0.399. The van der Waals surface area contributed by atoms with Gasteiger partial charge >= 0.3 is 0 Å². The first kappa shape index (κ1) is 20.2. The molecule has 3 aromatic carbocycles. The molecule has 0 saturated heterocycles. The van der Waals surface area contributed by atoms with Crippen LogP contribution in [0, 0.1) is 25.2 Å². The second-order valence-corrected chi connectivity index (χ2v) is 7.61. The molecule has 0 radical (unpaired) electrons. The first-order chi connectivity index (χ1) is 14.1. The number of amides is 1. The van der Waals surface area contributed by atoms with E-state index in [0.717, 1.165) is 26.6 Å². The maximum atomic E-state index is 12.7. The molecule has 0 unspecified atom stereocenters. The number of para-hydroxylation sites is 1. The van der Waals surface area contributed by atoms with Crippen LogP contribution in [0.4, 0.5) is 11.4 Å². The van der Waals surface area contributed by atoms with Gasteiger partial charge in [0.1, 0.15) is 11.6 Å². The lowest BCUT2D eigenvalue weighted by Gasteiger charge is -2.11. The minimum atomic E-state index is -0.453. The van der Waals surface area contributed by atoms with Gasteiger partial charge in [-0.15, -0.1) is 0 Å². The zero-order valence-electron chi connectivity index (χ0n) is 16.3. The van der Waals surface area contributed by atoms with E-state index < -0.39 is 5.91 Å². The summed E-state index contributed by atoms with van der Waals surface area (Å²) in [5.74, 6) is -0.453. The molecule has 0 aliphatic carbocycles. The first-order valence-corrected chi connectivity index (χ1v) is 9.96. The number of nitriles is 1. The largest absolute Gasteiger partial charge is 0.360 e. The smallest absolute Gasteiger partial charge is 0.267 e. The average molecular weight is 400 g/mol. The van der Waals surface area contributed by atoms with Gasteiger partial charge in [-0.3, -0.25) is 4.79 Å². The van der Waals surface area contributed by atoms with Crippen LogP contribution in [0.25, 0.3) is 0 Å². The molecular formula is C24H21N3OS. The molecule has 0 heterocycles.